The molecule has 0 aromatic carbocycles. The molecule has 0 aliphatic rings. The minimum Gasteiger partial charge on any atom is -0.358 e. The minimum absolute atomic E-state index is 0.381. The fourth-order valence-corrected chi connectivity index (χ4v) is 1.78. The number of hydrogen-bond acceptors (Lipinski definition) is 4. The molecule has 13 heavy (non-hydrogen) atoms. The van der Waals surface area contributed by atoms with Crippen LogP contribution in [-0.2, 0) is 0 Å². The van der Waals surface area contributed by atoms with Crippen molar-refractivity contribution >= 4 is 16.5 Å². The Balaban J connectivity index is 2.31. The second-order valence-corrected chi connectivity index (χ2v) is 3.95. The Hall–Kier alpha value is -0.610. The van der Waals surface area contributed by atoms with E-state index < -0.39 is 0 Å². The van der Waals surface area contributed by atoms with Crippen molar-refractivity contribution < 1.29 is 0 Å². The topological polar surface area (TPSA) is 50.9 Å². The molecule has 1 heterocycles. The van der Waals surface area contributed by atoms with Crippen LogP contribution in [0.25, 0.3) is 0 Å². The monoisotopic (exact) mass is 199 g/mol. The second kappa shape index (κ2) is 5.94. The van der Waals surface area contributed by atoms with E-state index in [1.54, 1.807) is 17.5 Å². The molecule has 1 unspecified atom stereocenters. The molecule has 74 valence electrons. The highest BCUT2D eigenvalue weighted by molar-refractivity contribution is 7.13. The van der Waals surface area contributed by atoms with Crippen molar-refractivity contribution in [1.82, 2.24) is 4.98 Å². The van der Waals surface area contributed by atoms with Gasteiger partial charge in [-0.1, -0.05) is 19.8 Å². The summed E-state index contributed by atoms with van der Waals surface area (Å²) < 4.78 is 0. The van der Waals surface area contributed by atoms with Crippen LogP contribution in [0.1, 0.15) is 26.2 Å². The van der Waals surface area contributed by atoms with E-state index in [4.69, 9.17) is 5.73 Å². The molecular weight excluding hydrogens is 182 g/mol. The maximum Gasteiger partial charge on any atom is 0.182 e. The first-order valence-corrected chi connectivity index (χ1v) is 5.61. The van der Waals surface area contributed by atoms with Gasteiger partial charge in [-0.2, -0.15) is 0 Å². The number of unbranched alkanes of at least 4 members (excludes halogenated alkanes) is 1. The van der Waals surface area contributed by atoms with Crippen molar-refractivity contribution in [1.29, 1.82) is 0 Å². The molecule has 3 nitrogen and oxygen atoms in total. The fraction of sp³-hybridized carbons (Fsp3) is 0.667. The van der Waals surface area contributed by atoms with E-state index in [0.29, 0.717) is 12.6 Å². The molecule has 0 spiro atoms. The molecule has 1 aromatic rings. The zero-order chi connectivity index (χ0) is 9.52. The molecule has 1 atom stereocenters. The van der Waals surface area contributed by atoms with Gasteiger partial charge in [-0.25, -0.2) is 4.98 Å². The number of nitrogens with two attached hydrogens (primary N) is 1. The smallest absolute Gasteiger partial charge is 0.182 e. The van der Waals surface area contributed by atoms with Gasteiger partial charge in [0.1, 0.15) is 0 Å². The summed E-state index contributed by atoms with van der Waals surface area (Å²) in [4.78, 5) is 4.16. The van der Waals surface area contributed by atoms with Crippen molar-refractivity contribution in [2.75, 3.05) is 11.9 Å². The second-order valence-electron chi connectivity index (χ2n) is 3.06. The summed E-state index contributed by atoms with van der Waals surface area (Å²) in [6.45, 7) is 2.87. The molecule has 3 N–H and O–H groups in total. The molecule has 4 heteroatoms. The highest BCUT2D eigenvalue weighted by Gasteiger charge is 2.06. The Bertz CT molecular complexity index is 211. The van der Waals surface area contributed by atoms with Crippen molar-refractivity contribution in [3.05, 3.63) is 11.6 Å². The number of nitrogens with one attached hydrogen (secondary N) is 1. The van der Waals surface area contributed by atoms with Crippen molar-refractivity contribution in [2.45, 2.75) is 32.2 Å². The highest BCUT2D eigenvalue weighted by Crippen LogP contribution is 2.13. The number of thiazole rings is 1. The van der Waals surface area contributed by atoms with Crippen LogP contribution in [0.4, 0.5) is 5.13 Å². The summed E-state index contributed by atoms with van der Waals surface area (Å²) in [5, 5.41) is 6.27. The lowest BCUT2D eigenvalue weighted by atomic mass is 10.1. The van der Waals surface area contributed by atoms with Gasteiger partial charge < -0.3 is 11.1 Å². The lowest BCUT2D eigenvalue weighted by molar-refractivity contribution is 0.614. The van der Waals surface area contributed by atoms with Gasteiger partial charge in [-0.3, -0.25) is 0 Å². The third-order valence-corrected chi connectivity index (χ3v) is 2.65. The lowest BCUT2D eigenvalue weighted by Gasteiger charge is -2.15. The number of anilines is 1. The zero-order valence-corrected chi connectivity index (χ0v) is 8.81. The van der Waals surface area contributed by atoms with E-state index in [2.05, 4.69) is 17.2 Å². The van der Waals surface area contributed by atoms with Crippen molar-refractivity contribution in [3.8, 4) is 0 Å². The third kappa shape index (κ3) is 3.74. The molecule has 1 rings (SSSR count). The van der Waals surface area contributed by atoms with Gasteiger partial charge in [0, 0.05) is 24.2 Å². The minimum atomic E-state index is 0.381. The van der Waals surface area contributed by atoms with Crippen LogP contribution in [0.15, 0.2) is 11.6 Å². The zero-order valence-electron chi connectivity index (χ0n) is 7.99. The molecule has 0 fully saturated rings. The lowest BCUT2D eigenvalue weighted by Crippen LogP contribution is -2.28. The maximum absolute atomic E-state index is 5.64. The quantitative estimate of drug-likeness (QED) is 0.737. The Morgan fingerprint density at radius 3 is 3.08 bits per heavy atom. The van der Waals surface area contributed by atoms with Crippen LogP contribution >= 0.6 is 11.3 Å². The summed E-state index contributed by atoms with van der Waals surface area (Å²) in [6, 6.07) is 0.381. The molecule has 0 radical (unpaired) electrons. The summed E-state index contributed by atoms with van der Waals surface area (Å²) in [5.41, 5.74) is 5.64. The van der Waals surface area contributed by atoms with E-state index in [9.17, 15) is 0 Å². The summed E-state index contributed by atoms with van der Waals surface area (Å²) >= 11 is 1.62. The van der Waals surface area contributed by atoms with Crippen LogP contribution in [-0.4, -0.2) is 17.6 Å². The largest absolute Gasteiger partial charge is 0.358 e. The summed E-state index contributed by atoms with van der Waals surface area (Å²) in [6.07, 6.45) is 5.38. The highest BCUT2D eigenvalue weighted by atomic mass is 32.1. The average Bonchev–Trinajstić information content (AvgIpc) is 2.64. The van der Waals surface area contributed by atoms with Crippen LogP contribution in [0.5, 0.6) is 0 Å². The van der Waals surface area contributed by atoms with Crippen molar-refractivity contribution in [2.24, 2.45) is 5.73 Å². The van der Waals surface area contributed by atoms with Gasteiger partial charge in [0.15, 0.2) is 5.13 Å². The Labute approximate surface area is 83.4 Å². The molecule has 0 amide bonds. The van der Waals surface area contributed by atoms with E-state index in [1.807, 2.05) is 5.38 Å². The van der Waals surface area contributed by atoms with Gasteiger partial charge >= 0.3 is 0 Å². The fourth-order valence-electron chi connectivity index (χ4n) is 1.17. The first-order chi connectivity index (χ1) is 6.36. The van der Waals surface area contributed by atoms with E-state index in [1.165, 1.54) is 12.8 Å². The first kappa shape index (κ1) is 10.5. The van der Waals surface area contributed by atoms with E-state index in [-0.39, 0.29) is 0 Å². The molecule has 0 saturated carbocycles. The van der Waals surface area contributed by atoms with E-state index in [0.717, 1.165) is 11.6 Å². The Kier molecular flexibility index (Phi) is 4.78. The molecule has 0 saturated heterocycles. The predicted octanol–water partition coefficient (Wildman–Crippen LogP) is 2.07. The summed E-state index contributed by atoms with van der Waals surface area (Å²) in [7, 11) is 0. The van der Waals surface area contributed by atoms with Crippen LogP contribution < -0.4 is 11.1 Å². The van der Waals surface area contributed by atoms with Crippen LogP contribution in [0.3, 0.4) is 0 Å². The third-order valence-electron chi connectivity index (χ3n) is 1.95. The Morgan fingerprint density at radius 2 is 2.54 bits per heavy atom. The van der Waals surface area contributed by atoms with Crippen LogP contribution in [0.2, 0.25) is 0 Å². The van der Waals surface area contributed by atoms with Gasteiger partial charge in [0.2, 0.25) is 0 Å². The van der Waals surface area contributed by atoms with E-state index >= 15 is 0 Å². The molecule has 0 bridgehead atoms. The maximum atomic E-state index is 5.64. The molecule has 0 aliphatic carbocycles. The van der Waals surface area contributed by atoms with Gasteiger partial charge in [0.05, 0.1) is 0 Å². The molecule has 0 aliphatic heterocycles. The number of hydrogen-bond donors (Lipinski definition) is 2. The van der Waals surface area contributed by atoms with Gasteiger partial charge in [0.25, 0.3) is 0 Å². The average molecular weight is 199 g/mol. The summed E-state index contributed by atoms with van der Waals surface area (Å²) in [5.74, 6) is 0. The predicted molar refractivity (Wildman–Crippen MR) is 58.1 cm³/mol. The molecular formula is C9H17N3S. The van der Waals surface area contributed by atoms with Crippen molar-refractivity contribution in [3.63, 3.8) is 0 Å². The standard InChI is InChI=1S/C9H17N3S/c1-2-3-4-8(7-10)12-9-11-5-6-13-9/h5-6,8H,2-4,7,10H2,1H3,(H,11,12). The normalized spacial score (nSPS) is 12.8. The Morgan fingerprint density at radius 1 is 1.69 bits per heavy atom. The SMILES string of the molecule is CCCCC(CN)Nc1nccs1. The molecule has 1 aromatic heterocycles. The number of aromatic nitrogens is 1. The number of nitrogens with zero attached hydrogens (tertiary/aromatic N) is 1. The van der Waals surface area contributed by atoms with Gasteiger partial charge in [-0.15, -0.1) is 11.3 Å². The van der Waals surface area contributed by atoms with Crippen LogP contribution in [0, 0.1) is 0 Å². The number of rotatable bonds is 6. The van der Waals surface area contributed by atoms with Gasteiger partial charge in [-0.05, 0) is 6.42 Å². The first-order valence-electron chi connectivity index (χ1n) is 4.73.